The van der Waals surface area contributed by atoms with Crippen LogP contribution in [0.5, 0.6) is 0 Å². The van der Waals surface area contributed by atoms with Crippen LogP contribution in [-0.4, -0.2) is 46.0 Å². The van der Waals surface area contributed by atoms with E-state index < -0.39 is 0 Å². The number of carbonyl (C=O) groups is 2. The molecule has 7 nitrogen and oxygen atoms in total. The van der Waals surface area contributed by atoms with Crippen LogP contribution in [0.3, 0.4) is 0 Å². The van der Waals surface area contributed by atoms with Crippen molar-refractivity contribution in [3.05, 3.63) is 36.2 Å². The highest BCUT2D eigenvalue weighted by atomic mass is 16.5. The van der Waals surface area contributed by atoms with Gasteiger partial charge in [-0.2, -0.15) is 4.98 Å². The molecule has 2 amide bonds. The number of rotatable bonds is 6. The highest BCUT2D eigenvalue weighted by Gasteiger charge is 2.38. The smallest absolute Gasteiger partial charge is 0.257 e. The average Bonchev–Trinajstić information content (AvgIpc) is 3.43. The molecule has 1 N–H and O–H groups in total. The average molecular weight is 368 g/mol. The number of aromatic nitrogens is 2. The fraction of sp³-hybridized carbons (Fsp3) is 0.500. The molecule has 142 valence electrons. The number of hydrogen-bond acceptors (Lipinski definition) is 5. The number of benzene rings is 1. The molecule has 2 aromatic rings. The minimum absolute atomic E-state index is 0.0596. The maximum absolute atomic E-state index is 12.4. The molecular formula is C20H24N4O3. The SMILES string of the molecule is O=C(NCCc1noc(-c2ccccc2)n1)[C@@H]1CC(=O)N(C2CCCC2)C1. The summed E-state index contributed by atoms with van der Waals surface area (Å²) >= 11 is 0. The van der Waals surface area contributed by atoms with Gasteiger partial charge in [0.25, 0.3) is 5.89 Å². The van der Waals surface area contributed by atoms with E-state index in [1.54, 1.807) is 0 Å². The van der Waals surface area contributed by atoms with Crippen molar-refractivity contribution in [3.63, 3.8) is 0 Å². The van der Waals surface area contributed by atoms with Gasteiger partial charge in [0.05, 0.1) is 5.92 Å². The van der Waals surface area contributed by atoms with Crippen LogP contribution in [0.15, 0.2) is 34.9 Å². The highest BCUT2D eigenvalue weighted by molar-refractivity contribution is 5.89. The summed E-state index contributed by atoms with van der Waals surface area (Å²) in [5, 5.41) is 6.88. The van der Waals surface area contributed by atoms with Crippen molar-refractivity contribution in [1.29, 1.82) is 0 Å². The first-order chi connectivity index (χ1) is 13.2. The first kappa shape index (κ1) is 17.7. The van der Waals surface area contributed by atoms with E-state index >= 15 is 0 Å². The van der Waals surface area contributed by atoms with Crippen molar-refractivity contribution in [2.75, 3.05) is 13.1 Å². The largest absolute Gasteiger partial charge is 0.355 e. The van der Waals surface area contributed by atoms with E-state index in [2.05, 4.69) is 15.5 Å². The van der Waals surface area contributed by atoms with Gasteiger partial charge in [-0.1, -0.05) is 36.2 Å². The van der Waals surface area contributed by atoms with Crippen LogP contribution in [0.2, 0.25) is 0 Å². The molecule has 1 saturated carbocycles. The minimum Gasteiger partial charge on any atom is -0.355 e. The van der Waals surface area contributed by atoms with Crippen LogP contribution in [0, 0.1) is 5.92 Å². The molecule has 1 aliphatic carbocycles. The monoisotopic (exact) mass is 368 g/mol. The topological polar surface area (TPSA) is 88.3 Å². The molecule has 0 bridgehead atoms. The quantitative estimate of drug-likeness (QED) is 0.844. The Labute approximate surface area is 158 Å². The second-order valence-corrected chi connectivity index (χ2v) is 7.31. The van der Waals surface area contributed by atoms with Crippen LogP contribution in [0.4, 0.5) is 0 Å². The van der Waals surface area contributed by atoms with E-state index in [1.165, 1.54) is 12.8 Å². The van der Waals surface area contributed by atoms with Gasteiger partial charge in [0.15, 0.2) is 5.82 Å². The molecule has 27 heavy (non-hydrogen) atoms. The zero-order valence-corrected chi connectivity index (χ0v) is 15.3. The van der Waals surface area contributed by atoms with Gasteiger partial charge in [-0.15, -0.1) is 0 Å². The van der Waals surface area contributed by atoms with Gasteiger partial charge in [-0.25, -0.2) is 0 Å². The Morgan fingerprint density at radius 3 is 2.78 bits per heavy atom. The van der Waals surface area contributed by atoms with E-state index in [0.29, 0.717) is 43.7 Å². The Bertz CT molecular complexity index is 799. The summed E-state index contributed by atoms with van der Waals surface area (Å²) in [6.45, 7) is 0.983. The summed E-state index contributed by atoms with van der Waals surface area (Å²) in [7, 11) is 0. The number of nitrogens with zero attached hydrogens (tertiary/aromatic N) is 3. The zero-order valence-electron chi connectivity index (χ0n) is 15.3. The fourth-order valence-electron chi connectivity index (χ4n) is 3.97. The molecule has 0 spiro atoms. The predicted octanol–water partition coefficient (Wildman–Crippen LogP) is 2.19. The fourth-order valence-corrected chi connectivity index (χ4v) is 3.97. The molecule has 1 saturated heterocycles. The van der Waals surface area contributed by atoms with Crippen LogP contribution >= 0.6 is 0 Å². The predicted molar refractivity (Wildman–Crippen MR) is 98.5 cm³/mol. The van der Waals surface area contributed by atoms with Crippen molar-refractivity contribution >= 4 is 11.8 Å². The highest BCUT2D eigenvalue weighted by Crippen LogP contribution is 2.29. The molecule has 2 aliphatic rings. The van der Waals surface area contributed by atoms with E-state index in [-0.39, 0.29) is 17.7 Å². The molecule has 1 aromatic carbocycles. The van der Waals surface area contributed by atoms with Crippen molar-refractivity contribution in [1.82, 2.24) is 20.4 Å². The molecule has 0 radical (unpaired) electrons. The van der Waals surface area contributed by atoms with Crippen molar-refractivity contribution in [2.24, 2.45) is 5.92 Å². The Morgan fingerprint density at radius 1 is 1.22 bits per heavy atom. The summed E-state index contributed by atoms with van der Waals surface area (Å²) in [5.74, 6) is 0.848. The van der Waals surface area contributed by atoms with Gasteiger partial charge in [-0.3, -0.25) is 9.59 Å². The van der Waals surface area contributed by atoms with Gasteiger partial charge in [0.2, 0.25) is 11.8 Å². The van der Waals surface area contributed by atoms with Crippen LogP contribution < -0.4 is 5.32 Å². The first-order valence-corrected chi connectivity index (χ1v) is 9.66. The second kappa shape index (κ2) is 7.90. The number of hydrogen-bond donors (Lipinski definition) is 1. The summed E-state index contributed by atoms with van der Waals surface area (Å²) in [5.41, 5.74) is 0.872. The van der Waals surface area contributed by atoms with Crippen molar-refractivity contribution in [3.8, 4) is 11.5 Å². The maximum atomic E-state index is 12.4. The normalized spacial score (nSPS) is 20.4. The van der Waals surface area contributed by atoms with Crippen LogP contribution in [0.1, 0.15) is 37.9 Å². The number of likely N-dealkylation sites (tertiary alicyclic amines) is 1. The number of carbonyl (C=O) groups excluding carboxylic acids is 2. The van der Waals surface area contributed by atoms with Gasteiger partial charge in [0, 0.05) is 37.5 Å². The lowest BCUT2D eigenvalue weighted by molar-refractivity contribution is -0.130. The molecule has 1 aliphatic heterocycles. The second-order valence-electron chi connectivity index (χ2n) is 7.31. The Balaban J connectivity index is 1.25. The maximum Gasteiger partial charge on any atom is 0.257 e. The molecule has 2 heterocycles. The summed E-state index contributed by atoms with van der Waals surface area (Å²) < 4.78 is 5.27. The molecule has 4 rings (SSSR count). The lowest BCUT2D eigenvalue weighted by Crippen LogP contribution is -2.37. The third-order valence-electron chi connectivity index (χ3n) is 5.43. The van der Waals surface area contributed by atoms with E-state index in [9.17, 15) is 9.59 Å². The molecule has 0 unspecified atom stereocenters. The molecule has 1 atom stereocenters. The molecule has 2 fully saturated rings. The first-order valence-electron chi connectivity index (χ1n) is 9.66. The molecule has 1 aromatic heterocycles. The van der Waals surface area contributed by atoms with Crippen LogP contribution in [0.25, 0.3) is 11.5 Å². The third kappa shape index (κ3) is 4.02. The van der Waals surface area contributed by atoms with Crippen LogP contribution in [-0.2, 0) is 16.0 Å². The Hall–Kier alpha value is -2.70. The van der Waals surface area contributed by atoms with E-state index in [4.69, 9.17) is 4.52 Å². The number of nitrogens with one attached hydrogen (secondary N) is 1. The molecular weight excluding hydrogens is 344 g/mol. The van der Waals surface area contributed by atoms with Gasteiger partial charge in [0.1, 0.15) is 0 Å². The third-order valence-corrected chi connectivity index (χ3v) is 5.43. The minimum atomic E-state index is -0.247. The lowest BCUT2D eigenvalue weighted by atomic mass is 10.1. The summed E-state index contributed by atoms with van der Waals surface area (Å²) in [6, 6.07) is 9.91. The van der Waals surface area contributed by atoms with Crippen molar-refractivity contribution in [2.45, 2.75) is 44.6 Å². The molecule has 7 heteroatoms. The van der Waals surface area contributed by atoms with Gasteiger partial charge < -0.3 is 14.7 Å². The lowest BCUT2D eigenvalue weighted by Gasteiger charge is -2.23. The van der Waals surface area contributed by atoms with E-state index in [0.717, 1.165) is 18.4 Å². The van der Waals surface area contributed by atoms with Gasteiger partial charge in [-0.05, 0) is 25.0 Å². The zero-order chi connectivity index (χ0) is 18.6. The summed E-state index contributed by atoms with van der Waals surface area (Å²) in [4.78, 5) is 30.9. The Morgan fingerprint density at radius 2 is 2.00 bits per heavy atom. The standard InChI is InChI=1S/C20H24N4O3/c25-18-12-15(13-24(18)16-8-4-5-9-16)19(26)21-11-10-17-22-20(27-23-17)14-6-2-1-3-7-14/h1-3,6-7,15-16H,4-5,8-13H2,(H,21,26)/t15-/m1/s1. The van der Waals surface area contributed by atoms with Crippen molar-refractivity contribution < 1.29 is 14.1 Å². The summed E-state index contributed by atoms with van der Waals surface area (Å²) in [6.07, 6.45) is 5.32. The number of amides is 2. The Kier molecular flexibility index (Phi) is 5.18. The van der Waals surface area contributed by atoms with E-state index in [1.807, 2.05) is 35.2 Å². The van der Waals surface area contributed by atoms with Gasteiger partial charge >= 0.3 is 0 Å².